The Bertz CT molecular complexity index is 1570. The molecule has 1 atom stereocenters. The van der Waals surface area contributed by atoms with E-state index in [1.807, 2.05) is 17.6 Å². The van der Waals surface area contributed by atoms with Crippen LogP contribution in [0.2, 0.25) is 0 Å². The molecular weight excluding hydrogens is 632 g/mol. The van der Waals surface area contributed by atoms with E-state index in [9.17, 15) is 26.3 Å². The SMILES string of the molecule is COc1ccc(-c2cccc3nc(C4CN(Cc5scnc5C)CCN4C)cn23)cc1.O=C(O)C(F)(F)F.O=C(O)C(F)(F)F. The van der Waals surface area contributed by atoms with Crippen LogP contribution in [0.3, 0.4) is 0 Å². The number of rotatable bonds is 5. The zero-order chi connectivity index (χ0) is 33.5. The van der Waals surface area contributed by atoms with Gasteiger partial charge in [0.15, 0.2) is 0 Å². The minimum atomic E-state index is -5.08. The van der Waals surface area contributed by atoms with Gasteiger partial charge in [-0.25, -0.2) is 19.6 Å². The van der Waals surface area contributed by atoms with Crippen LogP contribution in [-0.2, 0) is 16.1 Å². The lowest BCUT2D eigenvalue weighted by molar-refractivity contribution is -0.193. The van der Waals surface area contributed by atoms with Gasteiger partial charge in [0.2, 0.25) is 0 Å². The Morgan fingerprint density at radius 3 is 2.11 bits per heavy atom. The second-order valence-corrected chi connectivity index (χ2v) is 10.7. The lowest BCUT2D eigenvalue weighted by atomic mass is 10.1. The number of thiazole rings is 1. The molecule has 3 aromatic heterocycles. The maximum atomic E-state index is 10.6. The highest BCUT2D eigenvalue weighted by Gasteiger charge is 2.39. The standard InChI is InChI=1S/C24H27N5OS.2C2HF3O2/c1-17-23(31-16-25-17)15-28-12-11-27(2)22(14-28)20-13-29-21(5-4-6-24(29)26-20)18-7-9-19(30-3)10-8-18;2*3-2(4,5)1(6)7/h4-10,13,16,22H,11-12,14-15H2,1-3H3;2*(H,6,7). The molecule has 1 unspecified atom stereocenters. The largest absolute Gasteiger partial charge is 0.497 e. The molecule has 244 valence electrons. The summed E-state index contributed by atoms with van der Waals surface area (Å²) in [5.41, 5.74) is 7.48. The number of benzene rings is 1. The van der Waals surface area contributed by atoms with E-state index in [2.05, 4.69) is 69.7 Å². The highest BCUT2D eigenvalue weighted by atomic mass is 32.1. The summed E-state index contributed by atoms with van der Waals surface area (Å²) in [6.07, 6.45) is -7.96. The Hall–Kier alpha value is -4.22. The second-order valence-electron chi connectivity index (χ2n) is 9.73. The van der Waals surface area contributed by atoms with Gasteiger partial charge in [0, 0.05) is 37.3 Å². The third-order valence-corrected chi connectivity index (χ3v) is 7.59. The molecule has 1 aliphatic rings. The smallest absolute Gasteiger partial charge is 0.490 e. The summed E-state index contributed by atoms with van der Waals surface area (Å²) in [7, 11) is 3.90. The molecule has 1 fully saturated rings. The topological polar surface area (TPSA) is 121 Å². The number of carboxylic acid groups (broad SMARTS) is 2. The van der Waals surface area contributed by atoms with Gasteiger partial charge in [0.05, 0.1) is 35.7 Å². The van der Waals surface area contributed by atoms with Gasteiger partial charge in [-0.05, 0) is 55.9 Å². The molecule has 2 N–H and O–H groups in total. The summed E-state index contributed by atoms with van der Waals surface area (Å²) in [6, 6.07) is 14.8. The fourth-order valence-corrected chi connectivity index (χ4v) is 5.08. The van der Waals surface area contributed by atoms with Crippen LogP contribution >= 0.6 is 11.3 Å². The van der Waals surface area contributed by atoms with Crippen LogP contribution in [0.5, 0.6) is 5.75 Å². The van der Waals surface area contributed by atoms with E-state index in [-0.39, 0.29) is 6.04 Å². The van der Waals surface area contributed by atoms with Gasteiger partial charge in [-0.15, -0.1) is 11.3 Å². The summed E-state index contributed by atoms with van der Waals surface area (Å²) in [5, 5.41) is 14.2. The molecule has 1 aromatic carbocycles. The Kier molecular flexibility index (Phi) is 11.5. The number of nitrogens with zero attached hydrogens (tertiary/aromatic N) is 5. The molecule has 4 heterocycles. The summed E-state index contributed by atoms with van der Waals surface area (Å²) >= 11 is 1.75. The van der Waals surface area contributed by atoms with E-state index >= 15 is 0 Å². The molecule has 0 saturated carbocycles. The summed E-state index contributed by atoms with van der Waals surface area (Å²) < 4.78 is 71.0. The second kappa shape index (κ2) is 14.7. The van der Waals surface area contributed by atoms with Gasteiger partial charge in [-0.1, -0.05) is 6.07 Å². The zero-order valence-corrected chi connectivity index (χ0v) is 24.9. The first-order valence-electron chi connectivity index (χ1n) is 13.1. The number of pyridine rings is 1. The van der Waals surface area contributed by atoms with E-state index in [4.69, 9.17) is 29.5 Å². The molecule has 1 saturated heterocycles. The van der Waals surface area contributed by atoms with Crippen LogP contribution in [0.15, 0.2) is 54.2 Å². The van der Waals surface area contributed by atoms with Gasteiger partial charge in [0.1, 0.15) is 11.4 Å². The van der Waals surface area contributed by atoms with E-state index in [0.29, 0.717) is 0 Å². The van der Waals surface area contributed by atoms with E-state index in [1.165, 1.54) is 4.88 Å². The number of aromatic nitrogens is 3. The Morgan fingerprint density at radius 1 is 1.00 bits per heavy atom. The lowest BCUT2D eigenvalue weighted by Crippen LogP contribution is -2.46. The number of likely N-dealkylation sites (N-methyl/N-ethyl adjacent to an activating group) is 1. The molecule has 4 aromatic rings. The van der Waals surface area contributed by atoms with Crippen molar-refractivity contribution in [2.45, 2.75) is 31.9 Å². The number of fused-ring (bicyclic) bond motifs is 1. The van der Waals surface area contributed by atoms with Crippen molar-refractivity contribution < 1.29 is 50.9 Å². The molecule has 45 heavy (non-hydrogen) atoms. The van der Waals surface area contributed by atoms with Gasteiger partial charge in [-0.3, -0.25) is 14.2 Å². The number of imidazole rings is 1. The molecule has 0 bridgehead atoms. The maximum absolute atomic E-state index is 10.6. The Balaban J connectivity index is 0.000000331. The first-order chi connectivity index (χ1) is 21.0. The van der Waals surface area contributed by atoms with E-state index < -0.39 is 24.3 Å². The fraction of sp³-hybridized carbons (Fsp3) is 0.357. The fourth-order valence-electron chi connectivity index (χ4n) is 4.26. The average Bonchev–Trinajstić information content (AvgIpc) is 3.59. The van der Waals surface area contributed by atoms with Crippen LogP contribution in [-0.4, -0.2) is 92.5 Å². The number of ether oxygens (including phenoxy) is 1. The number of carboxylic acids is 2. The Morgan fingerprint density at radius 2 is 1.60 bits per heavy atom. The van der Waals surface area contributed by atoms with Crippen LogP contribution in [0, 0.1) is 6.92 Å². The number of aryl methyl sites for hydroxylation is 1. The highest BCUT2D eigenvalue weighted by Crippen LogP contribution is 2.29. The van der Waals surface area contributed by atoms with Crippen molar-refractivity contribution in [3.8, 4) is 17.0 Å². The van der Waals surface area contributed by atoms with Crippen molar-refractivity contribution in [3.63, 3.8) is 0 Å². The van der Waals surface area contributed by atoms with Crippen LogP contribution < -0.4 is 4.74 Å². The van der Waals surface area contributed by atoms with Crippen LogP contribution in [0.4, 0.5) is 26.3 Å². The number of carbonyl (C=O) groups is 2. The van der Waals surface area contributed by atoms with E-state index in [1.54, 1.807) is 18.4 Å². The quantitative estimate of drug-likeness (QED) is 0.266. The molecular formula is C28H29F6N5O5S. The summed E-state index contributed by atoms with van der Waals surface area (Å²) in [6.45, 7) is 6.12. The number of alkyl halides is 6. The Labute approximate surface area is 257 Å². The van der Waals surface area contributed by atoms with Crippen molar-refractivity contribution in [2.75, 3.05) is 33.8 Å². The third kappa shape index (κ3) is 9.63. The summed E-state index contributed by atoms with van der Waals surface area (Å²) in [5.74, 6) is -4.65. The van der Waals surface area contributed by atoms with Crippen molar-refractivity contribution in [1.29, 1.82) is 0 Å². The molecule has 0 aliphatic carbocycles. The monoisotopic (exact) mass is 661 g/mol. The van der Waals surface area contributed by atoms with Crippen LogP contribution in [0.1, 0.15) is 22.3 Å². The van der Waals surface area contributed by atoms with Gasteiger partial charge < -0.3 is 14.9 Å². The predicted molar refractivity (Wildman–Crippen MR) is 152 cm³/mol. The molecule has 5 rings (SSSR count). The van der Waals surface area contributed by atoms with Gasteiger partial charge >= 0.3 is 24.3 Å². The minimum absolute atomic E-state index is 0.269. The van der Waals surface area contributed by atoms with E-state index in [0.717, 1.165) is 60.2 Å². The molecule has 0 amide bonds. The molecule has 0 spiro atoms. The minimum Gasteiger partial charge on any atom is -0.497 e. The first kappa shape index (κ1) is 35.3. The molecule has 17 heteroatoms. The van der Waals surface area contributed by atoms with Gasteiger partial charge in [-0.2, -0.15) is 26.3 Å². The van der Waals surface area contributed by atoms with Crippen molar-refractivity contribution in [2.24, 2.45) is 0 Å². The third-order valence-electron chi connectivity index (χ3n) is 6.67. The lowest BCUT2D eigenvalue weighted by Gasteiger charge is -2.38. The van der Waals surface area contributed by atoms with Crippen molar-refractivity contribution in [1.82, 2.24) is 24.2 Å². The maximum Gasteiger partial charge on any atom is 0.490 e. The molecule has 1 aliphatic heterocycles. The number of halogens is 6. The zero-order valence-electron chi connectivity index (χ0n) is 24.1. The van der Waals surface area contributed by atoms with Crippen molar-refractivity contribution in [3.05, 3.63) is 70.4 Å². The highest BCUT2D eigenvalue weighted by molar-refractivity contribution is 7.09. The first-order valence-corrected chi connectivity index (χ1v) is 13.9. The number of methoxy groups -OCH3 is 1. The number of hydrogen-bond acceptors (Lipinski definition) is 8. The molecule has 0 radical (unpaired) electrons. The average molecular weight is 662 g/mol. The van der Waals surface area contributed by atoms with Crippen LogP contribution in [0.25, 0.3) is 16.9 Å². The predicted octanol–water partition coefficient (Wildman–Crippen LogP) is 5.53. The normalized spacial score (nSPS) is 15.9. The van der Waals surface area contributed by atoms with Gasteiger partial charge in [0.25, 0.3) is 0 Å². The summed E-state index contributed by atoms with van der Waals surface area (Å²) in [4.78, 5) is 33.5. The number of aliphatic carboxylic acids is 2. The number of piperazine rings is 1. The number of hydrogen-bond donors (Lipinski definition) is 2. The molecule has 10 nitrogen and oxygen atoms in total. The van der Waals surface area contributed by atoms with Crippen molar-refractivity contribution >= 4 is 28.9 Å².